The Labute approximate surface area is 105 Å². The molecule has 2 aromatic rings. The smallest absolute Gasteiger partial charge is 0.194 e. The molecule has 0 saturated heterocycles. The molecule has 2 aromatic heterocycles. The van der Waals surface area contributed by atoms with Crippen LogP contribution in [0.15, 0.2) is 11.4 Å². The topological polar surface area (TPSA) is 43.8 Å². The summed E-state index contributed by atoms with van der Waals surface area (Å²) >= 11 is 1.71. The van der Waals surface area contributed by atoms with E-state index >= 15 is 0 Å². The van der Waals surface area contributed by atoms with Crippen molar-refractivity contribution in [3.05, 3.63) is 34.1 Å². The first-order valence-electron chi connectivity index (χ1n) is 6.06. The van der Waals surface area contributed by atoms with Crippen LogP contribution < -0.4 is 5.73 Å². The minimum Gasteiger partial charge on any atom is -0.324 e. The van der Waals surface area contributed by atoms with E-state index in [1.54, 1.807) is 11.3 Å². The lowest BCUT2D eigenvalue weighted by Gasteiger charge is -2.20. The predicted molar refractivity (Wildman–Crippen MR) is 70.8 cm³/mol. The summed E-state index contributed by atoms with van der Waals surface area (Å²) in [6.45, 7) is 4.18. The number of aryl methyl sites for hydroxylation is 2. The highest BCUT2D eigenvalue weighted by molar-refractivity contribution is 7.12. The van der Waals surface area contributed by atoms with Gasteiger partial charge >= 0.3 is 0 Å². The number of hydrogen-bond acceptors (Lipinski definition) is 3. The second-order valence-electron chi connectivity index (χ2n) is 4.79. The summed E-state index contributed by atoms with van der Waals surface area (Å²) in [6.07, 6.45) is 3.41. The van der Waals surface area contributed by atoms with Crippen LogP contribution in [0, 0.1) is 13.8 Å². The number of nitrogens with zero attached hydrogens (tertiary/aromatic N) is 2. The van der Waals surface area contributed by atoms with Gasteiger partial charge in [0.05, 0.1) is 5.69 Å². The fourth-order valence-corrected chi connectivity index (χ4v) is 3.53. The molecular weight excluding hydrogens is 230 g/mol. The lowest BCUT2D eigenvalue weighted by molar-refractivity contribution is 0.559. The predicted octanol–water partition coefficient (Wildman–Crippen LogP) is 2.89. The molecule has 1 aliphatic carbocycles. The van der Waals surface area contributed by atoms with Crippen LogP contribution in [-0.4, -0.2) is 9.55 Å². The van der Waals surface area contributed by atoms with Gasteiger partial charge in [-0.2, -0.15) is 0 Å². The normalized spacial score (nSPS) is 19.4. The second-order valence-corrected chi connectivity index (χ2v) is 5.63. The number of nitrogens with two attached hydrogens (primary N) is 1. The Balaban J connectivity index is 2.17. The zero-order valence-electron chi connectivity index (χ0n) is 10.2. The Morgan fingerprint density at radius 2 is 2.29 bits per heavy atom. The van der Waals surface area contributed by atoms with E-state index in [4.69, 9.17) is 5.73 Å². The molecule has 90 valence electrons. The fourth-order valence-electron chi connectivity index (χ4n) is 2.65. The maximum absolute atomic E-state index is 6.18. The molecule has 2 heterocycles. The summed E-state index contributed by atoms with van der Waals surface area (Å²) in [5, 5.41) is 3.18. The number of hydrogen-bond donors (Lipinski definition) is 1. The zero-order chi connectivity index (χ0) is 12.0. The van der Waals surface area contributed by atoms with E-state index in [1.807, 2.05) is 6.92 Å². The third-order valence-electron chi connectivity index (χ3n) is 3.45. The molecule has 17 heavy (non-hydrogen) atoms. The minimum absolute atomic E-state index is 0.208. The molecule has 1 aliphatic rings. The van der Waals surface area contributed by atoms with Crippen molar-refractivity contribution >= 4 is 11.3 Å². The minimum atomic E-state index is 0.208. The van der Waals surface area contributed by atoms with Crippen molar-refractivity contribution < 1.29 is 0 Å². The standard InChI is InChI=1S/C13H17N3S/c1-8-7-17-13(15-8)16-9(2)6-10-11(14)4-3-5-12(10)16/h6-7,11H,3-5,14H2,1-2H3. The first-order valence-corrected chi connectivity index (χ1v) is 6.94. The lowest BCUT2D eigenvalue weighted by atomic mass is 9.93. The average molecular weight is 247 g/mol. The van der Waals surface area contributed by atoms with Crippen molar-refractivity contribution in [2.75, 3.05) is 0 Å². The largest absolute Gasteiger partial charge is 0.324 e. The number of aromatic nitrogens is 2. The Morgan fingerprint density at radius 1 is 1.47 bits per heavy atom. The number of thiazole rings is 1. The molecule has 0 aliphatic heterocycles. The molecule has 3 rings (SSSR count). The first-order chi connectivity index (χ1) is 8.16. The second kappa shape index (κ2) is 3.96. The molecule has 0 radical (unpaired) electrons. The van der Waals surface area contributed by atoms with Crippen molar-refractivity contribution in [3.8, 4) is 5.13 Å². The van der Waals surface area contributed by atoms with E-state index in [9.17, 15) is 0 Å². The molecule has 0 fully saturated rings. The van der Waals surface area contributed by atoms with Crippen molar-refractivity contribution in [2.24, 2.45) is 5.73 Å². The third-order valence-corrected chi connectivity index (χ3v) is 4.39. The van der Waals surface area contributed by atoms with Gasteiger partial charge < -0.3 is 5.73 Å². The van der Waals surface area contributed by atoms with Crippen LogP contribution in [0.4, 0.5) is 0 Å². The quantitative estimate of drug-likeness (QED) is 0.842. The summed E-state index contributed by atoms with van der Waals surface area (Å²) in [4.78, 5) is 4.59. The molecule has 0 amide bonds. The molecule has 0 spiro atoms. The zero-order valence-corrected chi connectivity index (χ0v) is 11.0. The Hall–Kier alpha value is -1.13. The van der Waals surface area contributed by atoms with E-state index in [-0.39, 0.29) is 6.04 Å². The molecule has 4 heteroatoms. The summed E-state index contributed by atoms with van der Waals surface area (Å²) in [5.74, 6) is 0. The van der Waals surface area contributed by atoms with Crippen molar-refractivity contribution in [1.82, 2.24) is 9.55 Å². The van der Waals surface area contributed by atoms with Crippen LogP contribution in [-0.2, 0) is 6.42 Å². The molecule has 3 nitrogen and oxygen atoms in total. The van der Waals surface area contributed by atoms with Gasteiger partial charge in [0.15, 0.2) is 5.13 Å². The van der Waals surface area contributed by atoms with Crippen molar-refractivity contribution in [2.45, 2.75) is 39.2 Å². The molecular formula is C13H17N3S. The van der Waals surface area contributed by atoms with Gasteiger partial charge in [-0.1, -0.05) is 0 Å². The van der Waals surface area contributed by atoms with E-state index in [2.05, 4.69) is 27.9 Å². The fraction of sp³-hybridized carbons (Fsp3) is 0.462. The number of fused-ring (bicyclic) bond motifs is 1. The summed E-state index contributed by atoms with van der Waals surface area (Å²) in [6, 6.07) is 2.44. The van der Waals surface area contributed by atoms with Crippen molar-refractivity contribution in [1.29, 1.82) is 0 Å². The van der Waals surface area contributed by atoms with Crippen LogP contribution in [0.2, 0.25) is 0 Å². The molecule has 0 bridgehead atoms. The summed E-state index contributed by atoms with van der Waals surface area (Å²) in [5.41, 5.74) is 11.2. The molecule has 0 saturated carbocycles. The van der Waals surface area contributed by atoms with Crippen LogP contribution in [0.25, 0.3) is 5.13 Å². The monoisotopic (exact) mass is 247 g/mol. The maximum atomic E-state index is 6.18. The van der Waals surface area contributed by atoms with Gasteiger partial charge in [-0.3, -0.25) is 4.57 Å². The first kappa shape index (κ1) is 11.0. The van der Waals surface area contributed by atoms with Gasteiger partial charge in [-0.15, -0.1) is 11.3 Å². The van der Waals surface area contributed by atoms with Gasteiger partial charge in [-0.25, -0.2) is 4.98 Å². The molecule has 1 unspecified atom stereocenters. The molecule has 0 aromatic carbocycles. The van der Waals surface area contributed by atoms with Gasteiger partial charge in [0.2, 0.25) is 0 Å². The highest BCUT2D eigenvalue weighted by Crippen LogP contribution is 2.33. The van der Waals surface area contributed by atoms with Gasteiger partial charge in [0, 0.05) is 22.8 Å². The molecule has 2 N–H and O–H groups in total. The van der Waals surface area contributed by atoms with E-state index in [1.165, 1.54) is 23.4 Å². The Bertz CT molecular complexity index is 553. The van der Waals surface area contributed by atoms with E-state index in [0.29, 0.717) is 0 Å². The summed E-state index contributed by atoms with van der Waals surface area (Å²) in [7, 11) is 0. The summed E-state index contributed by atoms with van der Waals surface area (Å²) < 4.78 is 2.28. The van der Waals surface area contributed by atoms with Gasteiger partial charge in [0.1, 0.15) is 0 Å². The Morgan fingerprint density at radius 3 is 3.00 bits per heavy atom. The van der Waals surface area contributed by atoms with Crippen LogP contribution in [0.1, 0.15) is 41.5 Å². The number of rotatable bonds is 1. The average Bonchev–Trinajstić information content (AvgIpc) is 2.82. The van der Waals surface area contributed by atoms with Crippen molar-refractivity contribution in [3.63, 3.8) is 0 Å². The van der Waals surface area contributed by atoms with Gasteiger partial charge in [-0.05, 0) is 44.7 Å². The van der Waals surface area contributed by atoms with Crippen LogP contribution in [0.3, 0.4) is 0 Å². The van der Waals surface area contributed by atoms with Crippen LogP contribution >= 0.6 is 11.3 Å². The third kappa shape index (κ3) is 1.72. The maximum Gasteiger partial charge on any atom is 0.194 e. The highest BCUT2D eigenvalue weighted by Gasteiger charge is 2.23. The lowest BCUT2D eigenvalue weighted by Crippen LogP contribution is -2.17. The SMILES string of the molecule is Cc1csc(-n2c(C)cc3c2CCCC3N)n1. The highest BCUT2D eigenvalue weighted by atomic mass is 32.1. The molecule has 1 atom stereocenters. The van der Waals surface area contributed by atoms with E-state index in [0.717, 1.165) is 23.7 Å². The van der Waals surface area contributed by atoms with E-state index < -0.39 is 0 Å². The van der Waals surface area contributed by atoms with Gasteiger partial charge in [0.25, 0.3) is 0 Å². The van der Waals surface area contributed by atoms with Crippen LogP contribution in [0.5, 0.6) is 0 Å². The Kier molecular flexibility index (Phi) is 2.56.